The summed E-state index contributed by atoms with van der Waals surface area (Å²) >= 11 is 0. The molecule has 2 heterocycles. The molecule has 1 aliphatic rings. The Morgan fingerprint density at radius 2 is 2.15 bits per heavy atom. The molecule has 1 amide bonds. The molecule has 1 aromatic heterocycles. The minimum atomic E-state index is -0.632. The van der Waals surface area contributed by atoms with Crippen LogP contribution in [0.5, 0.6) is 5.75 Å². The maximum atomic E-state index is 12.1. The van der Waals surface area contributed by atoms with E-state index >= 15 is 0 Å². The number of ether oxygens (including phenoxy) is 1. The SMILES string of the molecule is CN1C(=O)[C@@H](N)COc2ccc(-c3ccnn3C)cc21. The summed E-state index contributed by atoms with van der Waals surface area (Å²) in [5, 5.41) is 4.15. The number of carbonyl (C=O) groups excluding carboxylic acids is 1. The first kappa shape index (κ1) is 12.7. The normalized spacial score (nSPS) is 18.4. The van der Waals surface area contributed by atoms with Gasteiger partial charge in [0, 0.05) is 25.9 Å². The zero-order valence-corrected chi connectivity index (χ0v) is 11.4. The summed E-state index contributed by atoms with van der Waals surface area (Å²) in [5.74, 6) is 0.519. The Balaban J connectivity index is 2.09. The minimum absolute atomic E-state index is 0.147. The number of nitrogens with two attached hydrogens (primary N) is 1. The van der Waals surface area contributed by atoms with Crippen LogP contribution in [0.15, 0.2) is 30.5 Å². The molecule has 0 spiro atoms. The van der Waals surface area contributed by atoms with Gasteiger partial charge >= 0.3 is 0 Å². The molecule has 1 atom stereocenters. The van der Waals surface area contributed by atoms with Gasteiger partial charge in [-0.2, -0.15) is 5.10 Å². The summed E-state index contributed by atoms with van der Waals surface area (Å²) in [4.78, 5) is 13.6. The first-order valence-corrected chi connectivity index (χ1v) is 6.36. The van der Waals surface area contributed by atoms with E-state index in [0.717, 1.165) is 16.9 Å². The molecule has 0 saturated carbocycles. The number of aromatic nitrogens is 2. The van der Waals surface area contributed by atoms with Gasteiger partial charge < -0.3 is 15.4 Å². The molecule has 3 rings (SSSR count). The molecule has 0 aliphatic carbocycles. The Labute approximate surface area is 116 Å². The van der Waals surface area contributed by atoms with Crippen molar-refractivity contribution in [3.8, 4) is 17.0 Å². The molecular weight excluding hydrogens is 256 g/mol. The number of aryl methyl sites for hydroxylation is 1. The van der Waals surface area contributed by atoms with Crippen LogP contribution < -0.4 is 15.4 Å². The van der Waals surface area contributed by atoms with Crippen molar-refractivity contribution in [1.29, 1.82) is 0 Å². The lowest BCUT2D eigenvalue weighted by Gasteiger charge is -2.18. The van der Waals surface area contributed by atoms with Gasteiger partial charge in [0.2, 0.25) is 5.91 Å². The van der Waals surface area contributed by atoms with E-state index < -0.39 is 6.04 Å². The van der Waals surface area contributed by atoms with Gasteiger partial charge in [0.15, 0.2) is 0 Å². The van der Waals surface area contributed by atoms with Crippen molar-refractivity contribution in [3.63, 3.8) is 0 Å². The maximum absolute atomic E-state index is 12.1. The van der Waals surface area contributed by atoms with Gasteiger partial charge in [0.1, 0.15) is 18.4 Å². The summed E-state index contributed by atoms with van der Waals surface area (Å²) < 4.78 is 7.38. The van der Waals surface area contributed by atoms with Crippen LogP contribution in [-0.2, 0) is 11.8 Å². The highest BCUT2D eigenvalue weighted by Gasteiger charge is 2.26. The van der Waals surface area contributed by atoms with Crippen LogP contribution in [0.2, 0.25) is 0 Å². The highest BCUT2D eigenvalue weighted by molar-refractivity contribution is 5.99. The highest BCUT2D eigenvalue weighted by atomic mass is 16.5. The van der Waals surface area contributed by atoms with E-state index in [-0.39, 0.29) is 12.5 Å². The predicted molar refractivity (Wildman–Crippen MR) is 75.5 cm³/mol. The topological polar surface area (TPSA) is 73.4 Å². The second-order valence-corrected chi connectivity index (χ2v) is 4.84. The number of hydrogen-bond acceptors (Lipinski definition) is 4. The third kappa shape index (κ3) is 1.94. The molecule has 0 radical (unpaired) electrons. The third-order valence-electron chi connectivity index (χ3n) is 3.50. The van der Waals surface area contributed by atoms with E-state index in [2.05, 4.69) is 5.10 Å². The Morgan fingerprint density at radius 1 is 1.35 bits per heavy atom. The van der Waals surface area contributed by atoms with Crippen LogP contribution in [0, 0.1) is 0 Å². The maximum Gasteiger partial charge on any atom is 0.247 e. The third-order valence-corrected chi connectivity index (χ3v) is 3.50. The average Bonchev–Trinajstić information content (AvgIpc) is 2.85. The Kier molecular flexibility index (Phi) is 2.94. The molecule has 2 N–H and O–H groups in total. The van der Waals surface area contributed by atoms with E-state index in [4.69, 9.17) is 10.5 Å². The molecule has 20 heavy (non-hydrogen) atoms. The van der Waals surface area contributed by atoms with Gasteiger partial charge in [0.05, 0.1) is 11.4 Å². The fourth-order valence-corrected chi connectivity index (χ4v) is 2.34. The standard InChI is InChI=1S/C14H16N4O2/c1-17-12-7-9(11-5-6-16-18(11)2)3-4-13(12)20-8-10(15)14(17)19/h3-7,10H,8,15H2,1-2H3/t10-/m0/s1. The zero-order chi connectivity index (χ0) is 14.3. The summed E-state index contributed by atoms with van der Waals surface area (Å²) in [6.07, 6.45) is 1.74. The number of carbonyl (C=O) groups is 1. The number of fused-ring (bicyclic) bond motifs is 1. The van der Waals surface area contributed by atoms with Gasteiger partial charge in [0.25, 0.3) is 0 Å². The van der Waals surface area contributed by atoms with E-state index in [1.54, 1.807) is 22.8 Å². The number of rotatable bonds is 1. The van der Waals surface area contributed by atoms with E-state index in [1.807, 2.05) is 31.3 Å². The number of benzene rings is 1. The number of likely N-dealkylation sites (N-methyl/N-ethyl adjacent to an activating group) is 1. The molecule has 0 bridgehead atoms. The van der Waals surface area contributed by atoms with E-state index in [9.17, 15) is 4.79 Å². The van der Waals surface area contributed by atoms with Crippen LogP contribution >= 0.6 is 0 Å². The number of hydrogen-bond donors (Lipinski definition) is 1. The predicted octanol–water partition coefficient (Wildman–Crippen LogP) is 0.770. The number of amides is 1. The van der Waals surface area contributed by atoms with Crippen LogP contribution in [-0.4, -0.2) is 35.4 Å². The molecule has 2 aromatic rings. The first-order valence-electron chi connectivity index (χ1n) is 6.36. The van der Waals surface area contributed by atoms with Crippen molar-refractivity contribution >= 4 is 11.6 Å². The Bertz CT molecular complexity index is 665. The van der Waals surface area contributed by atoms with E-state index in [0.29, 0.717) is 5.75 Å². The van der Waals surface area contributed by atoms with Crippen molar-refractivity contribution in [2.24, 2.45) is 12.8 Å². The average molecular weight is 272 g/mol. The second-order valence-electron chi connectivity index (χ2n) is 4.84. The summed E-state index contributed by atoms with van der Waals surface area (Å²) in [6, 6.07) is 7.02. The van der Waals surface area contributed by atoms with Crippen molar-refractivity contribution in [1.82, 2.24) is 9.78 Å². The molecule has 0 saturated heterocycles. The van der Waals surface area contributed by atoms with Crippen molar-refractivity contribution in [2.75, 3.05) is 18.6 Å². The van der Waals surface area contributed by atoms with Gasteiger partial charge in [-0.25, -0.2) is 0 Å². The van der Waals surface area contributed by atoms with Crippen LogP contribution in [0.3, 0.4) is 0 Å². The second kappa shape index (κ2) is 4.64. The monoisotopic (exact) mass is 272 g/mol. The van der Waals surface area contributed by atoms with Gasteiger partial charge in [-0.1, -0.05) is 0 Å². The van der Waals surface area contributed by atoms with Crippen LogP contribution in [0.1, 0.15) is 0 Å². The quantitative estimate of drug-likeness (QED) is 0.832. The smallest absolute Gasteiger partial charge is 0.247 e. The summed E-state index contributed by atoms with van der Waals surface area (Å²) in [6.45, 7) is 0.196. The van der Waals surface area contributed by atoms with Crippen LogP contribution in [0.25, 0.3) is 11.3 Å². The fourth-order valence-electron chi connectivity index (χ4n) is 2.34. The first-order chi connectivity index (χ1) is 9.58. The largest absolute Gasteiger partial charge is 0.489 e. The Morgan fingerprint density at radius 3 is 2.85 bits per heavy atom. The van der Waals surface area contributed by atoms with E-state index in [1.165, 1.54) is 0 Å². The Hall–Kier alpha value is -2.34. The number of anilines is 1. The molecule has 0 unspecified atom stereocenters. The highest BCUT2D eigenvalue weighted by Crippen LogP contribution is 2.34. The van der Waals surface area contributed by atoms with Gasteiger partial charge in [-0.3, -0.25) is 9.48 Å². The zero-order valence-electron chi connectivity index (χ0n) is 11.4. The molecule has 6 nitrogen and oxygen atoms in total. The van der Waals surface area contributed by atoms with Crippen molar-refractivity contribution < 1.29 is 9.53 Å². The molecule has 0 fully saturated rings. The molecule has 1 aliphatic heterocycles. The lowest BCUT2D eigenvalue weighted by Crippen LogP contribution is -2.43. The lowest BCUT2D eigenvalue weighted by atomic mass is 10.1. The molecule has 1 aromatic carbocycles. The molecular formula is C14H16N4O2. The van der Waals surface area contributed by atoms with Crippen molar-refractivity contribution in [2.45, 2.75) is 6.04 Å². The van der Waals surface area contributed by atoms with Crippen molar-refractivity contribution in [3.05, 3.63) is 30.5 Å². The fraction of sp³-hybridized carbons (Fsp3) is 0.286. The van der Waals surface area contributed by atoms with Gasteiger partial charge in [-0.05, 0) is 24.3 Å². The lowest BCUT2D eigenvalue weighted by molar-refractivity contribution is -0.119. The molecule has 6 heteroatoms. The molecule has 104 valence electrons. The summed E-state index contributed by atoms with van der Waals surface area (Å²) in [7, 11) is 3.59. The van der Waals surface area contributed by atoms with Gasteiger partial charge in [-0.15, -0.1) is 0 Å². The van der Waals surface area contributed by atoms with Crippen LogP contribution in [0.4, 0.5) is 5.69 Å². The minimum Gasteiger partial charge on any atom is -0.489 e. The number of nitrogens with zero attached hydrogens (tertiary/aromatic N) is 3. The summed E-state index contributed by atoms with van der Waals surface area (Å²) in [5.41, 5.74) is 8.45.